The molecule has 0 aliphatic rings. The number of rotatable bonds is 4. The highest BCUT2D eigenvalue weighted by Crippen LogP contribution is 2.36. The Bertz CT molecular complexity index is 766. The third-order valence-electron chi connectivity index (χ3n) is 2.93. The van der Waals surface area contributed by atoms with Crippen LogP contribution in [0.4, 0.5) is 28.9 Å². The average Bonchev–Trinajstić information content (AvgIpc) is 2.49. The fourth-order valence-corrected chi connectivity index (χ4v) is 2.21. The average molecular weight is 381 g/mol. The summed E-state index contributed by atoms with van der Waals surface area (Å²) in [6.45, 7) is -0.431. The number of nitrogens with one attached hydrogen (secondary N) is 2. The van der Waals surface area contributed by atoms with Gasteiger partial charge in [0.1, 0.15) is 5.82 Å². The van der Waals surface area contributed by atoms with Gasteiger partial charge in [0.15, 0.2) is 0 Å². The van der Waals surface area contributed by atoms with E-state index in [4.69, 9.17) is 23.2 Å². The van der Waals surface area contributed by atoms with Crippen molar-refractivity contribution >= 4 is 40.5 Å². The van der Waals surface area contributed by atoms with Gasteiger partial charge >= 0.3 is 6.18 Å². The van der Waals surface area contributed by atoms with Crippen molar-refractivity contribution < 1.29 is 22.4 Å². The molecular weight excluding hydrogens is 371 g/mol. The van der Waals surface area contributed by atoms with E-state index in [1.54, 1.807) is 0 Å². The minimum absolute atomic E-state index is 0.0710. The fourth-order valence-electron chi connectivity index (χ4n) is 1.86. The van der Waals surface area contributed by atoms with Gasteiger partial charge in [-0.2, -0.15) is 13.2 Å². The topological polar surface area (TPSA) is 41.1 Å². The van der Waals surface area contributed by atoms with E-state index >= 15 is 0 Å². The van der Waals surface area contributed by atoms with Crippen LogP contribution in [0.2, 0.25) is 10.0 Å². The minimum Gasteiger partial charge on any atom is -0.376 e. The molecule has 0 spiro atoms. The lowest BCUT2D eigenvalue weighted by molar-refractivity contribution is -0.137. The maximum absolute atomic E-state index is 13.0. The third kappa shape index (κ3) is 4.75. The van der Waals surface area contributed by atoms with Crippen molar-refractivity contribution in [1.82, 2.24) is 0 Å². The van der Waals surface area contributed by atoms with Gasteiger partial charge in [-0.15, -0.1) is 0 Å². The molecule has 0 radical (unpaired) electrons. The highest BCUT2D eigenvalue weighted by molar-refractivity contribution is 6.31. The zero-order valence-corrected chi connectivity index (χ0v) is 13.4. The Morgan fingerprint density at radius 2 is 1.79 bits per heavy atom. The molecule has 0 heterocycles. The lowest BCUT2D eigenvalue weighted by Gasteiger charge is -2.15. The summed E-state index contributed by atoms with van der Waals surface area (Å²) < 4.78 is 51.8. The van der Waals surface area contributed by atoms with Gasteiger partial charge < -0.3 is 10.6 Å². The molecule has 0 atom stereocenters. The van der Waals surface area contributed by atoms with Crippen LogP contribution in [-0.4, -0.2) is 12.5 Å². The summed E-state index contributed by atoms with van der Waals surface area (Å²) >= 11 is 11.1. The molecule has 0 bridgehead atoms. The molecule has 0 saturated carbocycles. The number of amides is 1. The monoisotopic (exact) mass is 380 g/mol. The van der Waals surface area contributed by atoms with Crippen LogP contribution in [0.5, 0.6) is 0 Å². The number of alkyl halides is 3. The molecule has 0 aliphatic carbocycles. The van der Waals surface area contributed by atoms with E-state index in [1.165, 1.54) is 18.2 Å². The first-order valence-electron chi connectivity index (χ1n) is 6.52. The molecule has 0 saturated heterocycles. The lowest BCUT2D eigenvalue weighted by atomic mass is 10.1. The normalized spacial score (nSPS) is 11.2. The molecule has 2 aromatic rings. The molecule has 2 N–H and O–H groups in total. The molecule has 2 aromatic carbocycles. The number of carbonyl (C=O) groups excluding carboxylic acids is 1. The summed E-state index contributed by atoms with van der Waals surface area (Å²) in [6, 6.07) is 6.71. The molecular formula is C15H10Cl2F4N2O. The van der Waals surface area contributed by atoms with Crippen molar-refractivity contribution in [3.63, 3.8) is 0 Å². The van der Waals surface area contributed by atoms with E-state index in [-0.39, 0.29) is 21.4 Å². The minimum atomic E-state index is -4.62. The summed E-state index contributed by atoms with van der Waals surface area (Å²) in [5, 5.41) is 4.53. The van der Waals surface area contributed by atoms with E-state index in [0.29, 0.717) is 0 Å². The molecule has 128 valence electrons. The summed E-state index contributed by atoms with van der Waals surface area (Å²) in [5.41, 5.74) is -1.04. The van der Waals surface area contributed by atoms with Gasteiger partial charge in [-0.3, -0.25) is 4.79 Å². The summed E-state index contributed by atoms with van der Waals surface area (Å²) in [6.07, 6.45) is -4.62. The Balaban J connectivity index is 2.05. The Kier molecular flexibility index (Phi) is 5.56. The fraction of sp³-hybridized carbons (Fsp3) is 0.133. The van der Waals surface area contributed by atoms with Crippen LogP contribution in [0.25, 0.3) is 0 Å². The largest absolute Gasteiger partial charge is 0.418 e. The molecule has 0 fully saturated rings. The van der Waals surface area contributed by atoms with Crippen molar-refractivity contribution in [3.8, 4) is 0 Å². The van der Waals surface area contributed by atoms with Crippen molar-refractivity contribution in [2.75, 3.05) is 17.2 Å². The van der Waals surface area contributed by atoms with Gasteiger partial charge in [0.25, 0.3) is 0 Å². The standard InChI is InChI=1S/C15H10Cl2F4N2O/c16-8-1-4-13(10(5-8)15(19,20)21)22-7-14(24)23-9-2-3-12(18)11(17)6-9/h1-6,22H,7H2,(H,23,24). The summed E-state index contributed by atoms with van der Waals surface area (Å²) in [7, 11) is 0. The zero-order valence-electron chi connectivity index (χ0n) is 11.8. The maximum atomic E-state index is 13.0. The van der Waals surface area contributed by atoms with Crippen molar-refractivity contribution in [1.29, 1.82) is 0 Å². The molecule has 1 amide bonds. The second kappa shape index (κ2) is 7.27. The Morgan fingerprint density at radius 3 is 2.42 bits per heavy atom. The number of anilines is 2. The number of hydrogen-bond acceptors (Lipinski definition) is 2. The Hall–Kier alpha value is -1.99. The molecule has 0 unspecified atom stereocenters. The zero-order chi connectivity index (χ0) is 17.9. The first-order valence-corrected chi connectivity index (χ1v) is 7.28. The third-order valence-corrected chi connectivity index (χ3v) is 3.45. The maximum Gasteiger partial charge on any atom is 0.418 e. The van der Waals surface area contributed by atoms with Gasteiger partial charge in [-0.1, -0.05) is 23.2 Å². The van der Waals surface area contributed by atoms with Crippen LogP contribution in [0, 0.1) is 5.82 Å². The number of carbonyl (C=O) groups is 1. The Labute approximate surface area is 144 Å². The van der Waals surface area contributed by atoms with Crippen LogP contribution < -0.4 is 10.6 Å². The van der Waals surface area contributed by atoms with Gasteiger partial charge in [-0.25, -0.2) is 4.39 Å². The second-order valence-electron chi connectivity index (χ2n) is 4.72. The highest BCUT2D eigenvalue weighted by Gasteiger charge is 2.33. The molecule has 0 aromatic heterocycles. The van der Waals surface area contributed by atoms with Crippen LogP contribution in [-0.2, 0) is 11.0 Å². The van der Waals surface area contributed by atoms with Gasteiger partial charge in [0.05, 0.1) is 17.1 Å². The molecule has 2 rings (SSSR count). The first-order chi connectivity index (χ1) is 11.2. The van der Waals surface area contributed by atoms with Crippen LogP contribution >= 0.6 is 23.2 Å². The van der Waals surface area contributed by atoms with Gasteiger partial charge in [-0.05, 0) is 36.4 Å². The second-order valence-corrected chi connectivity index (χ2v) is 5.56. The summed E-state index contributed by atoms with van der Waals surface area (Å²) in [5.74, 6) is -1.27. The van der Waals surface area contributed by atoms with E-state index in [1.807, 2.05) is 0 Å². The molecule has 3 nitrogen and oxygen atoms in total. The smallest absolute Gasteiger partial charge is 0.376 e. The van der Waals surface area contributed by atoms with Gasteiger partial charge in [0.2, 0.25) is 5.91 Å². The highest BCUT2D eigenvalue weighted by atomic mass is 35.5. The summed E-state index contributed by atoms with van der Waals surface area (Å²) in [4.78, 5) is 11.8. The van der Waals surface area contributed by atoms with Crippen LogP contribution in [0.3, 0.4) is 0 Å². The van der Waals surface area contributed by atoms with E-state index in [0.717, 1.165) is 18.2 Å². The van der Waals surface area contributed by atoms with Gasteiger partial charge in [0, 0.05) is 16.4 Å². The van der Waals surface area contributed by atoms with Crippen molar-refractivity contribution in [2.24, 2.45) is 0 Å². The predicted molar refractivity (Wildman–Crippen MR) is 85.0 cm³/mol. The van der Waals surface area contributed by atoms with Crippen LogP contribution in [0.1, 0.15) is 5.56 Å². The predicted octanol–water partition coefficient (Wildman–Crippen LogP) is 5.20. The number of hydrogen-bond donors (Lipinski definition) is 2. The first kappa shape index (κ1) is 18.4. The number of benzene rings is 2. The van der Waals surface area contributed by atoms with Crippen molar-refractivity contribution in [2.45, 2.75) is 6.18 Å². The quantitative estimate of drug-likeness (QED) is 0.715. The molecule has 24 heavy (non-hydrogen) atoms. The van der Waals surface area contributed by atoms with E-state index < -0.39 is 30.0 Å². The number of halogens is 6. The lowest BCUT2D eigenvalue weighted by Crippen LogP contribution is -2.23. The Morgan fingerprint density at radius 1 is 1.08 bits per heavy atom. The van der Waals surface area contributed by atoms with Crippen LogP contribution in [0.15, 0.2) is 36.4 Å². The SMILES string of the molecule is O=C(CNc1ccc(Cl)cc1C(F)(F)F)Nc1ccc(F)c(Cl)c1. The van der Waals surface area contributed by atoms with Crippen molar-refractivity contribution in [3.05, 3.63) is 57.8 Å². The molecule has 0 aliphatic heterocycles. The molecule has 9 heteroatoms. The van der Waals surface area contributed by atoms with E-state index in [9.17, 15) is 22.4 Å². The van der Waals surface area contributed by atoms with E-state index in [2.05, 4.69) is 10.6 Å².